The maximum Gasteiger partial charge on any atom is 0.266 e. The van der Waals surface area contributed by atoms with Crippen molar-refractivity contribution in [3.63, 3.8) is 0 Å². The van der Waals surface area contributed by atoms with Crippen LogP contribution in [0.2, 0.25) is 0 Å². The van der Waals surface area contributed by atoms with Crippen molar-refractivity contribution >= 4 is 48.1 Å². The van der Waals surface area contributed by atoms with Gasteiger partial charge in [0.15, 0.2) is 10.3 Å². The molecule has 0 amide bonds. The van der Waals surface area contributed by atoms with Crippen LogP contribution in [-0.2, 0) is 10.0 Å². The SMILES string of the molecule is O=S(=O)(Nc1ncc(F)s1)c1cc(Br)c(NCCCCNC[C@H]2CCCCN2)cc1F. The van der Waals surface area contributed by atoms with Crippen LogP contribution in [0.5, 0.6) is 0 Å². The van der Waals surface area contributed by atoms with E-state index in [1.807, 2.05) is 0 Å². The lowest BCUT2D eigenvalue weighted by Crippen LogP contribution is -2.41. The predicted molar refractivity (Wildman–Crippen MR) is 123 cm³/mol. The van der Waals surface area contributed by atoms with Gasteiger partial charge in [-0.2, -0.15) is 4.39 Å². The normalized spacial score (nSPS) is 16.9. The molecule has 7 nitrogen and oxygen atoms in total. The van der Waals surface area contributed by atoms with E-state index in [0.29, 0.717) is 34.1 Å². The molecule has 0 unspecified atom stereocenters. The molecule has 0 aliphatic carbocycles. The number of nitrogens with one attached hydrogen (secondary N) is 4. The number of hydrogen-bond donors (Lipinski definition) is 4. The minimum absolute atomic E-state index is 0.164. The predicted octanol–water partition coefficient (Wildman–Crippen LogP) is 3.91. The summed E-state index contributed by atoms with van der Waals surface area (Å²) in [6, 6.07) is 2.88. The summed E-state index contributed by atoms with van der Waals surface area (Å²) in [5.41, 5.74) is 0.469. The smallest absolute Gasteiger partial charge is 0.266 e. The molecule has 0 bridgehead atoms. The first-order valence-electron chi connectivity index (χ1n) is 10.2. The molecule has 1 aliphatic heterocycles. The summed E-state index contributed by atoms with van der Waals surface area (Å²) in [4.78, 5) is 3.05. The van der Waals surface area contributed by atoms with Crippen LogP contribution < -0.4 is 20.7 Å². The highest BCUT2D eigenvalue weighted by Crippen LogP contribution is 2.30. The van der Waals surface area contributed by atoms with Crippen LogP contribution in [0.4, 0.5) is 19.6 Å². The van der Waals surface area contributed by atoms with Crippen molar-refractivity contribution in [2.45, 2.75) is 43.0 Å². The highest BCUT2D eigenvalue weighted by Gasteiger charge is 2.22. The van der Waals surface area contributed by atoms with Gasteiger partial charge in [-0.05, 0) is 66.8 Å². The van der Waals surface area contributed by atoms with Crippen LogP contribution in [0.15, 0.2) is 27.7 Å². The summed E-state index contributed by atoms with van der Waals surface area (Å²) in [6.45, 7) is 3.61. The molecule has 12 heteroatoms. The third-order valence-electron chi connectivity index (χ3n) is 4.91. The van der Waals surface area contributed by atoms with Crippen LogP contribution in [0, 0.1) is 10.9 Å². The highest BCUT2D eigenvalue weighted by atomic mass is 79.9. The summed E-state index contributed by atoms with van der Waals surface area (Å²) in [5, 5.41) is 9.28. The van der Waals surface area contributed by atoms with E-state index in [9.17, 15) is 17.2 Å². The summed E-state index contributed by atoms with van der Waals surface area (Å²) < 4.78 is 54.9. The van der Waals surface area contributed by atoms with Gasteiger partial charge in [0.1, 0.15) is 10.7 Å². The van der Waals surface area contributed by atoms with Crippen molar-refractivity contribution in [3.8, 4) is 0 Å². The van der Waals surface area contributed by atoms with Crippen LogP contribution >= 0.6 is 27.3 Å². The van der Waals surface area contributed by atoms with Gasteiger partial charge in [-0.25, -0.2) is 17.8 Å². The number of thiazole rings is 1. The summed E-state index contributed by atoms with van der Waals surface area (Å²) in [5.74, 6) is -0.906. The molecule has 0 spiro atoms. The molecule has 0 radical (unpaired) electrons. The van der Waals surface area contributed by atoms with Crippen molar-refractivity contribution in [2.24, 2.45) is 0 Å². The van der Waals surface area contributed by atoms with E-state index in [2.05, 4.69) is 41.6 Å². The van der Waals surface area contributed by atoms with Gasteiger partial charge in [-0.15, -0.1) is 0 Å². The minimum Gasteiger partial charge on any atom is -0.384 e. The second-order valence-electron chi connectivity index (χ2n) is 7.32. The molecule has 4 N–H and O–H groups in total. The molecule has 1 fully saturated rings. The second kappa shape index (κ2) is 11.5. The van der Waals surface area contributed by atoms with Crippen molar-refractivity contribution < 1.29 is 17.2 Å². The van der Waals surface area contributed by atoms with Crippen molar-refractivity contribution in [3.05, 3.63) is 33.8 Å². The lowest BCUT2D eigenvalue weighted by atomic mass is 10.1. The monoisotopic (exact) mass is 537 g/mol. The molecule has 1 atom stereocenters. The molecule has 31 heavy (non-hydrogen) atoms. The summed E-state index contributed by atoms with van der Waals surface area (Å²) in [7, 11) is -4.23. The molecule has 1 aliphatic rings. The minimum atomic E-state index is -4.23. The Balaban J connectivity index is 1.45. The Morgan fingerprint density at radius 2 is 2.03 bits per heavy atom. The fourth-order valence-corrected chi connectivity index (χ4v) is 5.82. The third-order valence-corrected chi connectivity index (χ3v) is 7.75. The average Bonchev–Trinajstić information content (AvgIpc) is 3.13. The van der Waals surface area contributed by atoms with Crippen molar-refractivity contribution in [1.29, 1.82) is 0 Å². The van der Waals surface area contributed by atoms with Gasteiger partial charge < -0.3 is 16.0 Å². The number of piperidine rings is 1. The number of hydrogen-bond acceptors (Lipinski definition) is 7. The van der Waals surface area contributed by atoms with E-state index in [1.165, 1.54) is 25.3 Å². The molecule has 1 aromatic heterocycles. The summed E-state index contributed by atoms with van der Waals surface area (Å²) in [6.07, 6.45) is 6.51. The fraction of sp³-hybridized carbons (Fsp3) is 0.526. The zero-order valence-electron chi connectivity index (χ0n) is 16.9. The summed E-state index contributed by atoms with van der Waals surface area (Å²) >= 11 is 3.81. The zero-order chi connectivity index (χ0) is 22.3. The first-order chi connectivity index (χ1) is 14.8. The van der Waals surface area contributed by atoms with E-state index in [-0.39, 0.29) is 5.13 Å². The molecule has 1 saturated heterocycles. The number of sulfonamides is 1. The number of rotatable bonds is 11. The average molecular weight is 538 g/mol. The molecule has 172 valence electrons. The lowest BCUT2D eigenvalue weighted by molar-refractivity contribution is 0.383. The number of anilines is 2. The van der Waals surface area contributed by atoms with Gasteiger partial charge in [-0.3, -0.25) is 4.72 Å². The van der Waals surface area contributed by atoms with Gasteiger partial charge in [0.2, 0.25) is 0 Å². The Morgan fingerprint density at radius 1 is 1.23 bits per heavy atom. The van der Waals surface area contributed by atoms with Crippen molar-refractivity contribution in [2.75, 3.05) is 36.2 Å². The van der Waals surface area contributed by atoms with E-state index in [4.69, 9.17) is 0 Å². The van der Waals surface area contributed by atoms with Crippen LogP contribution in [0.3, 0.4) is 0 Å². The topological polar surface area (TPSA) is 95.2 Å². The molecule has 2 heterocycles. The number of benzene rings is 1. The molecule has 1 aromatic carbocycles. The van der Waals surface area contributed by atoms with Crippen molar-refractivity contribution in [1.82, 2.24) is 15.6 Å². The van der Waals surface area contributed by atoms with Crippen LogP contribution in [0.1, 0.15) is 32.1 Å². The van der Waals surface area contributed by atoms with E-state index >= 15 is 0 Å². The fourth-order valence-electron chi connectivity index (χ4n) is 3.31. The van der Waals surface area contributed by atoms with Crippen LogP contribution in [-0.4, -0.2) is 45.6 Å². The quantitative estimate of drug-likeness (QED) is 0.324. The van der Waals surface area contributed by atoms with Gasteiger partial charge in [0.25, 0.3) is 10.0 Å². The number of nitrogens with zero attached hydrogens (tertiary/aromatic N) is 1. The Kier molecular flexibility index (Phi) is 9.02. The number of aromatic nitrogens is 1. The maximum atomic E-state index is 14.5. The van der Waals surface area contributed by atoms with E-state index < -0.39 is 25.9 Å². The molecule has 0 saturated carbocycles. The lowest BCUT2D eigenvalue weighted by Gasteiger charge is -2.23. The molecular weight excluding hydrogens is 512 g/mol. The first kappa shape index (κ1) is 24.3. The molecular formula is C19H26BrF2N5O2S2. The maximum absolute atomic E-state index is 14.5. The standard InChI is InChI=1S/C19H26BrF2N5O2S2/c20-14-9-17(31(28,29)27-19-26-12-18(22)30-19)15(21)10-16(14)25-8-4-3-6-23-11-13-5-1-2-7-24-13/h9-10,12-13,23-25H,1-8,11H2,(H,26,27)/t13-/m1/s1. The Hall–Kier alpha value is -1.34. The Bertz CT molecular complexity index is 968. The van der Waals surface area contributed by atoms with Crippen LogP contribution in [0.25, 0.3) is 0 Å². The highest BCUT2D eigenvalue weighted by molar-refractivity contribution is 9.10. The van der Waals surface area contributed by atoms with E-state index in [1.54, 1.807) is 0 Å². The van der Waals surface area contributed by atoms with Gasteiger partial charge in [-0.1, -0.05) is 17.8 Å². The zero-order valence-corrected chi connectivity index (χ0v) is 20.1. The second-order valence-corrected chi connectivity index (χ2v) is 10.8. The largest absolute Gasteiger partial charge is 0.384 e. The Morgan fingerprint density at radius 3 is 2.74 bits per heavy atom. The van der Waals surface area contributed by atoms with E-state index in [0.717, 1.165) is 44.7 Å². The molecule has 2 aromatic rings. The Labute approximate surface area is 193 Å². The third kappa shape index (κ3) is 7.35. The van der Waals surface area contributed by atoms with Gasteiger partial charge >= 0.3 is 0 Å². The number of unbranched alkanes of at least 4 members (excludes halogenated alkanes) is 1. The number of halogens is 3. The van der Waals surface area contributed by atoms with Gasteiger partial charge in [0, 0.05) is 23.6 Å². The first-order valence-corrected chi connectivity index (χ1v) is 13.3. The molecule has 3 rings (SSSR count). The van der Waals surface area contributed by atoms with Gasteiger partial charge in [0.05, 0.1) is 11.9 Å².